The molecule has 1 aromatic carbocycles. The van der Waals surface area contributed by atoms with Crippen LogP contribution in [-0.4, -0.2) is 42.4 Å². The van der Waals surface area contributed by atoms with E-state index in [4.69, 9.17) is 15.6 Å². The number of nitrogens with two attached hydrogens (primary N) is 1. The van der Waals surface area contributed by atoms with Crippen LogP contribution in [0.3, 0.4) is 0 Å². The summed E-state index contributed by atoms with van der Waals surface area (Å²) in [7, 11) is 0. The topological polar surface area (TPSA) is 58.7 Å². The number of morpholine rings is 1. The molecule has 1 unspecified atom stereocenters. The van der Waals surface area contributed by atoms with Gasteiger partial charge in [-0.3, -0.25) is 4.90 Å². The summed E-state index contributed by atoms with van der Waals surface area (Å²) in [5.41, 5.74) is 7.94. The monoisotopic (exact) mass is 236 g/mol. The molecule has 4 nitrogen and oxygen atoms in total. The Morgan fingerprint density at radius 1 is 1.29 bits per heavy atom. The molecule has 0 aromatic heterocycles. The van der Waals surface area contributed by atoms with Gasteiger partial charge < -0.3 is 15.6 Å². The highest BCUT2D eigenvalue weighted by molar-refractivity contribution is 5.22. The number of nitrogens with zero attached hydrogens (tertiary/aromatic N) is 1. The van der Waals surface area contributed by atoms with Crippen LogP contribution in [0.15, 0.2) is 24.3 Å². The van der Waals surface area contributed by atoms with Crippen LogP contribution in [0, 0.1) is 0 Å². The van der Waals surface area contributed by atoms with E-state index < -0.39 is 0 Å². The maximum Gasteiger partial charge on any atom is 0.0681 e. The first-order valence-corrected chi connectivity index (χ1v) is 6.04. The Balaban J connectivity index is 1.98. The minimum atomic E-state index is 0.100. The predicted molar refractivity (Wildman–Crippen MR) is 66.4 cm³/mol. The molecular weight excluding hydrogens is 216 g/mol. The molecule has 17 heavy (non-hydrogen) atoms. The van der Waals surface area contributed by atoms with E-state index in [2.05, 4.69) is 17.0 Å². The summed E-state index contributed by atoms with van der Waals surface area (Å²) in [5.74, 6) is 0. The van der Waals surface area contributed by atoms with Crippen LogP contribution in [0.25, 0.3) is 0 Å². The molecule has 1 fully saturated rings. The number of aliphatic hydroxyl groups is 1. The lowest BCUT2D eigenvalue weighted by atomic mass is 10.1. The molecule has 0 aliphatic carbocycles. The van der Waals surface area contributed by atoms with Crippen LogP contribution in [0.2, 0.25) is 0 Å². The summed E-state index contributed by atoms with van der Waals surface area (Å²) >= 11 is 0. The highest BCUT2D eigenvalue weighted by Crippen LogP contribution is 2.12. The van der Waals surface area contributed by atoms with E-state index in [1.54, 1.807) is 0 Å². The van der Waals surface area contributed by atoms with Gasteiger partial charge in [0, 0.05) is 25.7 Å². The first kappa shape index (κ1) is 12.5. The van der Waals surface area contributed by atoms with Gasteiger partial charge >= 0.3 is 0 Å². The number of rotatable bonds is 4. The summed E-state index contributed by atoms with van der Waals surface area (Å²) in [4.78, 5) is 2.36. The molecule has 0 saturated carbocycles. The molecule has 1 saturated heterocycles. The lowest BCUT2D eigenvalue weighted by Gasteiger charge is -2.34. The number of ether oxygens (including phenoxy) is 1. The first-order chi connectivity index (χ1) is 8.33. The van der Waals surface area contributed by atoms with Crippen LogP contribution in [0.4, 0.5) is 0 Å². The van der Waals surface area contributed by atoms with Crippen LogP contribution in [-0.2, 0) is 17.9 Å². The maximum atomic E-state index is 8.99. The predicted octanol–water partition coefficient (Wildman–Crippen LogP) is 0.338. The molecule has 1 aromatic rings. The van der Waals surface area contributed by atoms with E-state index >= 15 is 0 Å². The molecule has 94 valence electrons. The molecule has 0 radical (unpaired) electrons. The first-order valence-electron chi connectivity index (χ1n) is 6.04. The molecule has 0 spiro atoms. The van der Waals surface area contributed by atoms with Gasteiger partial charge in [0.1, 0.15) is 0 Å². The lowest BCUT2D eigenvalue weighted by Crippen LogP contribution is -2.48. The Kier molecular flexibility index (Phi) is 4.50. The van der Waals surface area contributed by atoms with Crippen LogP contribution >= 0.6 is 0 Å². The third-order valence-electron chi connectivity index (χ3n) is 3.21. The van der Waals surface area contributed by atoms with Gasteiger partial charge in [-0.1, -0.05) is 24.3 Å². The third kappa shape index (κ3) is 3.26. The lowest BCUT2D eigenvalue weighted by molar-refractivity contribution is -0.00793. The van der Waals surface area contributed by atoms with Crippen molar-refractivity contribution in [1.82, 2.24) is 4.90 Å². The van der Waals surface area contributed by atoms with Crippen LogP contribution in [0.5, 0.6) is 0 Å². The minimum absolute atomic E-state index is 0.100. The van der Waals surface area contributed by atoms with Gasteiger partial charge in [0.05, 0.1) is 19.8 Å². The molecule has 4 heteroatoms. The van der Waals surface area contributed by atoms with Crippen molar-refractivity contribution in [2.45, 2.75) is 19.2 Å². The second kappa shape index (κ2) is 6.12. The van der Waals surface area contributed by atoms with E-state index in [1.807, 2.05) is 12.1 Å². The molecule has 1 aliphatic heterocycles. The minimum Gasteiger partial charge on any atom is -0.392 e. The Morgan fingerprint density at radius 2 is 2.00 bits per heavy atom. The second-order valence-electron chi connectivity index (χ2n) is 4.41. The van der Waals surface area contributed by atoms with Crippen molar-refractivity contribution in [3.05, 3.63) is 35.4 Å². The van der Waals surface area contributed by atoms with Crippen molar-refractivity contribution >= 4 is 0 Å². The van der Waals surface area contributed by atoms with Gasteiger partial charge in [-0.25, -0.2) is 0 Å². The second-order valence-corrected chi connectivity index (χ2v) is 4.41. The zero-order chi connectivity index (χ0) is 12.1. The summed E-state index contributed by atoms with van der Waals surface area (Å²) in [5, 5.41) is 8.99. The summed E-state index contributed by atoms with van der Waals surface area (Å²) in [6.45, 7) is 4.08. The van der Waals surface area contributed by atoms with E-state index in [9.17, 15) is 0 Å². The van der Waals surface area contributed by atoms with Gasteiger partial charge in [0.15, 0.2) is 0 Å². The van der Waals surface area contributed by atoms with E-state index in [0.29, 0.717) is 12.6 Å². The van der Waals surface area contributed by atoms with Crippen molar-refractivity contribution in [1.29, 1.82) is 0 Å². The normalized spacial score (nSPS) is 21.6. The molecule has 1 heterocycles. The van der Waals surface area contributed by atoms with Crippen LogP contribution in [0.1, 0.15) is 11.1 Å². The molecule has 0 bridgehead atoms. The quantitative estimate of drug-likeness (QED) is 0.791. The number of hydrogen-bond donors (Lipinski definition) is 2. The molecule has 3 N–H and O–H groups in total. The van der Waals surface area contributed by atoms with Gasteiger partial charge in [-0.15, -0.1) is 0 Å². The number of benzene rings is 1. The Hall–Kier alpha value is -0.940. The summed E-state index contributed by atoms with van der Waals surface area (Å²) < 4.78 is 5.42. The molecule has 2 rings (SSSR count). The average molecular weight is 236 g/mol. The van der Waals surface area contributed by atoms with E-state index in [0.717, 1.165) is 31.9 Å². The average Bonchev–Trinajstić information content (AvgIpc) is 2.40. The fourth-order valence-electron chi connectivity index (χ4n) is 2.10. The molecular formula is C13H20N2O2. The highest BCUT2D eigenvalue weighted by atomic mass is 16.5. The van der Waals surface area contributed by atoms with Crippen LogP contribution < -0.4 is 5.73 Å². The van der Waals surface area contributed by atoms with Crippen molar-refractivity contribution in [3.63, 3.8) is 0 Å². The SMILES string of the molecule is NCC1COCCN1Cc1ccc(CO)cc1. The molecule has 1 atom stereocenters. The standard InChI is InChI=1S/C13H20N2O2/c14-7-13-10-17-6-5-15(13)8-11-1-3-12(9-16)4-2-11/h1-4,13,16H,5-10,14H2. The van der Waals surface area contributed by atoms with E-state index in [1.165, 1.54) is 5.56 Å². The summed E-state index contributed by atoms with van der Waals surface area (Å²) in [6.07, 6.45) is 0. The van der Waals surface area contributed by atoms with Gasteiger partial charge in [0.25, 0.3) is 0 Å². The zero-order valence-corrected chi connectivity index (χ0v) is 10.0. The van der Waals surface area contributed by atoms with Crippen molar-refractivity contribution in [3.8, 4) is 0 Å². The van der Waals surface area contributed by atoms with Crippen molar-refractivity contribution in [2.75, 3.05) is 26.3 Å². The fourth-order valence-corrected chi connectivity index (χ4v) is 2.10. The number of aliphatic hydroxyl groups excluding tert-OH is 1. The Labute approximate surface area is 102 Å². The molecule has 0 amide bonds. The zero-order valence-electron chi connectivity index (χ0n) is 10.0. The van der Waals surface area contributed by atoms with Gasteiger partial charge in [-0.2, -0.15) is 0 Å². The smallest absolute Gasteiger partial charge is 0.0681 e. The third-order valence-corrected chi connectivity index (χ3v) is 3.21. The van der Waals surface area contributed by atoms with Crippen molar-refractivity contribution in [2.24, 2.45) is 5.73 Å². The maximum absolute atomic E-state index is 8.99. The largest absolute Gasteiger partial charge is 0.392 e. The fraction of sp³-hybridized carbons (Fsp3) is 0.538. The Bertz CT molecular complexity index is 340. The Morgan fingerprint density at radius 3 is 2.65 bits per heavy atom. The van der Waals surface area contributed by atoms with Gasteiger partial charge in [-0.05, 0) is 11.1 Å². The van der Waals surface area contributed by atoms with Gasteiger partial charge in [0.2, 0.25) is 0 Å². The summed E-state index contributed by atoms with van der Waals surface area (Å²) in [6, 6.07) is 8.38. The number of hydrogen-bond acceptors (Lipinski definition) is 4. The highest BCUT2D eigenvalue weighted by Gasteiger charge is 2.21. The van der Waals surface area contributed by atoms with Crippen molar-refractivity contribution < 1.29 is 9.84 Å². The molecule has 1 aliphatic rings. The van der Waals surface area contributed by atoms with E-state index in [-0.39, 0.29) is 6.61 Å².